The molecule has 0 unspecified atom stereocenters. The molecular weight excluding hydrogens is 419 g/mol. The third kappa shape index (κ3) is 3.95. The fourth-order valence-corrected chi connectivity index (χ4v) is 2.67. The Balaban J connectivity index is 0.00000208. The van der Waals surface area contributed by atoms with E-state index in [2.05, 4.69) is 25.8 Å². The number of guanidine groups is 1. The van der Waals surface area contributed by atoms with Crippen molar-refractivity contribution < 1.29 is 9.47 Å². The largest absolute Gasteiger partial charge is 0.454 e. The highest BCUT2D eigenvalue weighted by Gasteiger charge is 2.17. The summed E-state index contributed by atoms with van der Waals surface area (Å²) in [6.07, 6.45) is 2.05. The number of nitrogens with one attached hydrogen (secondary N) is 1. The fourth-order valence-electron chi connectivity index (χ4n) is 2.67. The van der Waals surface area contributed by atoms with Crippen molar-refractivity contribution >= 4 is 29.9 Å². The lowest BCUT2D eigenvalue weighted by molar-refractivity contribution is 0.173. The molecule has 7 heteroatoms. The molecule has 0 saturated heterocycles. The Labute approximate surface area is 159 Å². The predicted octanol–water partition coefficient (Wildman–Crippen LogP) is 2.58. The quantitative estimate of drug-likeness (QED) is 0.450. The molecule has 2 aromatic rings. The molecule has 0 atom stereocenters. The van der Waals surface area contributed by atoms with Gasteiger partial charge in [-0.2, -0.15) is 0 Å². The lowest BCUT2D eigenvalue weighted by Gasteiger charge is -2.22. The molecule has 0 amide bonds. The second kappa shape index (κ2) is 8.27. The minimum Gasteiger partial charge on any atom is -0.454 e. The number of fused-ring (bicyclic) bond motifs is 1. The topological polar surface area (TPSA) is 51.0 Å². The monoisotopic (exact) mass is 442 g/mol. The number of rotatable bonds is 4. The van der Waals surface area contributed by atoms with Gasteiger partial charge in [0, 0.05) is 45.1 Å². The Morgan fingerprint density at radius 2 is 2.12 bits per heavy atom. The van der Waals surface area contributed by atoms with E-state index < -0.39 is 0 Å². The first-order chi connectivity index (χ1) is 11.2. The Morgan fingerprint density at radius 1 is 1.29 bits per heavy atom. The van der Waals surface area contributed by atoms with E-state index in [9.17, 15) is 0 Å². The number of hydrogen-bond acceptors (Lipinski definition) is 3. The highest BCUT2D eigenvalue weighted by atomic mass is 127. The first-order valence-electron chi connectivity index (χ1n) is 7.58. The standard InChI is InChI=1S/C17H22N4O2.HI/c1-18-17(21(3)11-14-7-5-9-20(14)2)19-10-13-6-4-8-15-16(13)23-12-22-15;/h4-9H,10-12H2,1-3H3,(H,18,19);1H. The molecule has 3 rings (SSSR count). The summed E-state index contributed by atoms with van der Waals surface area (Å²) in [7, 11) is 5.86. The first kappa shape index (κ1) is 18.4. The van der Waals surface area contributed by atoms with E-state index in [-0.39, 0.29) is 30.8 Å². The van der Waals surface area contributed by atoms with Crippen molar-refractivity contribution in [2.45, 2.75) is 13.1 Å². The van der Waals surface area contributed by atoms with Crippen molar-refractivity contribution in [3.05, 3.63) is 47.8 Å². The minimum atomic E-state index is 0. The summed E-state index contributed by atoms with van der Waals surface area (Å²) in [5.74, 6) is 2.46. The van der Waals surface area contributed by atoms with Crippen molar-refractivity contribution in [1.29, 1.82) is 0 Å². The maximum Gasteiger partial charge on any atom is 0.231 e. The molecule has 0 radical (unpaired) electrons. The molecule has 1 aromatic heterocycles. The number of aromatic nitrogens is 1. The van der Waals surface area contributed by atoms with E-state index in [1.807, 2.05) is 44.6 Å². The van der Waals surface area contributed by atoms with Gasteiger partial charge in [0.05, 0.1) is 6.54 Å². The van der Waals surface area contributed by atoms with Crippen LogP contribution in [0.4, 0.5) is 0 Å². The molecule has 6 nitrogen and oxygen atoms in total. The van der Waals surface area contributed by atoms with Crippen LogP contribution in [0, 0.1) is 0 Å². The lowest BCUT2D eigenvalue weighted by Crippen LogP contribution is -2.38. The molecule has 1 aliphatic heterocycles. The van der Waals surface area contributed by atoms with Gasteiger partial charge in [-0.1, -0.05) is 12.1 Å². The van der Waals surface area contributed by atoms with Crippen molar-refractivity contribution in [2.24, 2.45) is 12.0 Å². The Bertz CT molecular complexity index is 714. The summed E-state index contributed by atoms with van der Waals surface area (Å²) in [4.78, 5) is 6.45. The summed E-state index contributed by atoms with van der Waals surface area (Å²) in [5, 5.41) is 3.38. The summed E-state index contributed by atoms with van der Waals surface area (Å²) in [5.41, 5.74) is 2.29. The van der Waals surface area contributed by atoms with Gasteiger partial charge in [-0.3, -0.25) is 4.99 Å². The van der Waals surface area contributed by atoms with Gasteiger partial charge in [-0.05, 0) is 18.2 Å². The van der Waals surface area contributed by atoms with Crippen LogP contribution in [0.25, 0.3) is 0 Å². The molecule has 0 bridgehead atoms. The average Bonchev–Trinajstić information content (AvgIpc) is 3.17. The van der Waals surface area contributed by atoms with Gasteiger partial charge in [-0.25, -0.2) is 0 Å². The van der Waals surface area contributed by atoms with Gasteiger partial charge in [0.25, 0.3) is 0 Å². The minimum absolute atomic E-state index is 0. The van der Waals surface area contributed by atoms with E-state index in [1.54, 1.807) is 7.05 Å². The molecule has 1 aromatic carbocycles. The maximum atomic E-state index is 5.54. The van der Waals surface area contributed by atoms with E-state index >= 15 is 0 Å². The van der Waals surface area contributed by atoms with Crippen molar-refractivity contribution in [3.8, 4) is 11.5 Å². The molecule has 0 saturated carbocycles. The van der Waals surface area contributed by atoms with Gasteiger partial charge in [0.2, 0.25) is 6.79 Å². The van der Waals surface area contributed by atoms with Crippen LogP contribution in [0.3, 0.4) is 0 Å². The number of nitrogens with zero attached hydrogens (tertiary/aromatic N) is 3. The van der Waals surface area contributed by atoms with E-state index in [4.69, 9.17) is 9.47 Å². The molecule has 0 spiro atoms. The lowest BCUT2D eigenvalue weighted by atomic mass is 10.2. The number of ether oxygens (including phenoxy) is 2. The highest BCUT2D eigenvalue weighted by Crippen LogP contribution is 2.35. The third-order valence-corrected chi connectivity index (χ3v) is 3.94. The fraction of sp³-hybridized carbons (Fsp3) is 0.353. The van der Waals surface area contributed by atoms with Crippen LogP contribution < -0.4 is 14.8 Å². The summed E-state index contributed by atoms with van der Waals surface area (Å²) < 4.78 is 13.1. The van der Waals surface area contributed by atoms with Gasteiger partial charge in [0.15, 0.2) is 17.5 Å². The summed E-state index contributed by atoms with van der Waals surface area (Å²) >= 11 is 0. The maximum absolute atomic E-state index is 5.54. The third-order valence-electron chi connectivity index (χ3n) is 3.94. The van der Waals surface area contributed by atoms with E-state index in [0.29, 0.717) is 6.54 Å². The zero-order valence-corrected chi connectivity index (χ0v) is 16.5. The molecule has 24 heavy (non-hydrogen) atoms. The van der Waals surface area contributed by atoms with Crippen LogP contribution in [0.5, 0.6) is 11.5 Å². The van der Waals surface area contributed by atoms with Gasteiger partial charge < -0.3 is 24.3 Å². The van der Waals surface area contributed by atoms with Gasteiger partial charge in [0.1, 0.15) is 0 Å². The number of aryl methyl sites for hydroxylation is 1. The SMILES string of the molecule is CN=C(NCc1cccc2c1OCO2)N(C)Cc1cccn1C.I. The average molecular weight is 442 g/mol. The molecule has 1 aliphatic rings. The summed E-state index contributed by atoms with van der Waals surface area (Å²) in [6, 6.07) is 10.1. The van der Waals surface area contributed by atoms with E-state index in [1.165, 1.54) is 5.69 Å². The number of benzene rings is 1. The Morgan fingerprint density at radius 3 is 2.83 bits per heavy atom. The second-order valence-electron chi connectivity index (χ2n) is 5.52. The molecule has 1 N–H and O–H groups in total. The van der Waals surface area contributed by atoms with Crippen LogP contribution in [0.15, 0.2) is 41.5 Å². The van der Waals surface area contributed by atoms with E-state index in [0.717, 1.165) is 29.6 Å². The number of halogens is 1. The van der Waals surface area contributed by atoms with Crippen molar-refractivity contribution in [1.82, 2.24) is 14.8 Å². The molecule has 0 aliphatic carbocycles. The van der Waals surface area contributed by atoms with Crippen LogP contribution in [-0.4, -0.2) is 36.3 Å². The van der Waals surface area contributed by atoms with Gasteiger partial charge in [-0.15, -0.1) is 24.0 Å². The zero-order chi connectivity index (χ0) is 16.2. The van der Waals surface area contributed by atoms with Gasteiger partial charge >= 0.3 is 0 Å². The highest BCUT2D eigenvalue weighted by molar-refractivity contribution is 14.0. The second-order valence-corrected chi connectivity index (χ2v) is 5.52. The first-order valence-corrected chi connectivity index (χ1v) is 7.58. The molecular formula is C17H23IN4O2. The number of para-hydroxylation sites is 1. The Kier molecular flexibility index (Phi) is 6.36. The predicted molar refractivity (Wildman–Crippen MR) is 105 cm³/mol. The zero-order valence-electron chi connectivity index (χ0n) is 14.2. The molecule has 2 heterocycles. The van der Waals surface area contributed by atoms with Crippen LogP contribution in [0.1, 0.15) is 11.3 Å². The smallest absolute Gasteiger partial charge is 0.231 e. The number of hydrogen-bond donors (Lipinski definition) is 1. The molecule has 0 fully saturated rings. The van der Waals surface area contributed by atoms with Crippen molar-refractivity contribution in [3.63, 3.8) is 0 Å². The van der Waals surface area contributed by atoms with Crippen LogP contribution >= 0.6 is 24.0 Å². The Hall–Kier alpha value is -1.90. The summed E-state index contributed by atoms with van der Waals surface area (Å²) in [6.45, 7) is 1.71. The molecule has 130 valence electrons. The van der Waals surface area contributed by atoms with Crippen LogP contribution in [0.2, 0.25) is 0 Å². The van der Waals surface area contributed by atoms with Crippen molar-refractivity contribution in [2.75, 3.05) is 20.9 Å². The van der Waals surface area contributed by atoms with Crippen LogP contribution in [-0.2, 0) is 20.1 Å². The number of aliphatic imine (C=N–C) groups is 1. The normalized spacial score (nSPS) is 12.7.